The van der Waals surface area contributed by atoms with Crippen molar-refractivity contribution in [3.63, 3.8) is 0 Å². The fourth-order valence-electron chi connectivity index (χ4n) is 5.63. The maximum Gasteiger partial charge on any atom is 0.573 e. The topological polar surface area (TPSA) is 91.4 Å². The van der Waals surface area contributed by atoms with Gasteiger partial charge in [0.2, 0.25) is 5.91 Å². The Morgan fingerprint density at radius 2 is 1.53 bits per heavy atom. The summed E-state index contributed by atoms with van der Waals surface area (Å²) < 4.78 is 47.9. The number of benzene rings is 2. The Bertz CT molecular complexity index is 1270. The number of rotatable bonds is 10. The molecule has 4 rings (SSSR count). The third-order valence-electron chi connectivity index (χ3n) is 8.36. The van der Waals surface area contributed by atoms with E-state index in [1.165, 1.54) is 24.3 Å². The SMILES string of the molecule is CCC[C@@H](NC(=O)N1C(=O)C(CC)(CC)[C@@H]1Oc1ccc(C(=O)N2CCN(C)CC2)cc1)c1ccc(OC(F)(F)F)cc1. The first-order chi connectivity index (χ1) is 20.4. The molecule has 43 heavy (non-hydrogen) atoms. The minimum absolute atomic E-state index is 0.0593. The van der Waals surface area contributed by atoms with Crippen LogP contribution in [0, 0.1) is 5.41 Å². The Labute approximate surface area is 249 Å². The highest BCUT2D eigenvalue weighted by atomic mass is 19.4. The van der Waals surface area contributed by atoms with Crippen LogP contribution in [0.5, 0.6) is 11.5 Å². The highest BCUT2D eigenvalue weighted by Gasteiger charge is 2.63. The molecule has 9 nitrogen and oxygen atoms in total. The molecule has 2 saturated heterocycles. The second-order valence-electron chi connectivity index (χ2n) is 11.0. The summed E-state index contributed by atoms with van der Waals surface area (Å²) in [6, 6.07) is 10.8. The van der Waals surface area contributed by atoms with Gasteiger partial charge < -0.3 is 24.6 Å². The maximum absolute atomic E-state index is 13.5. The van der Waals surface area contributed by atoms with E-state index in [2.05, 4.69) is 15.0 Å². The number of carbonyl (C=O) groups is 3. The van der Waals surface area contributed by atoms with Gasteiger partial charge in [-0.3, -0.25) is 9.59 Å². The molecule has 2 aromatic rings. The fourth-order valence-corrected chi connectivity index (χ4v) is 5.63. The second kappa shape index (κ2) is 13.2. The number of likely N-dealkylation sites (tertiary alicyclic amines) is 1. The number of nitrogens with one attached hydrogen (secondary N) is 1. The monoisotopic (exact) mass is 604 g/mol. The van der Waals surface area contributed by atoms with Crippen LogP contribution in [0.1, 0.15) is 68.4 Å². The molecule has 0 saturated carbocycles. The summed E-state index contributed by atoms with van der Waals surface area (Å²) in [6.07, 6.45) is -3.61. The van der Waals surface area contributed by atoms with Gasteiger partial charge in [0, 0.05) is 31.7 Å². The van der Waals surface area contributed by atoms with Crippen molar-refractivity contribution in [3.05, 3.63) is 59.7 Å². The van der Waals surface area contributed by atoms with Crippen LogP contribution >= 0.6 is 0 Å². The van der Waals surface area contributed by atoms with E-state index in [4.69, 9.17) is 4.74 Å². The zero-order chi connectivity index (χ0) is 31.4. The molecular weight excluding hydrogens is 565 g/mol. The van der Waals surface area contributed by atoms with Crippen molar-refractivity contribution >= 4 is 17.8 Å². The van der Waals surface area contributed by atoms with Gasteiger partial charge in [0.25, 0.3) is 5.91 Å². The summed E-state index contributed by atoms with van der Waals surface area (Å²) in [5, 5.41) is 2.87. The van der Waals surface area contributed by atoms with E-state index in [-0.39, 0.29) is 17.6 Å². The van der Waals surface area contributed by atoms with Gasteiger partial charge in [-0.05, 0) is 68.3 Å². The molecule has 0 unspecified atom stereocenters. The number of β-lactam (4-membered cyclic amide) rings is 1. The molecule has 0 spiro atoms. The van der Waals surface area contributed by atoms with Crippen molar-refractivity contribution in [1.29, 1.82) is 0 Å². The molecule has 234 valence electrons. The molecule has 2 fully saturated rings. The summed E-state index contributed by atoms with van der Waals surface area (Å²) >= 11 is 0. The minimum Gasteiger partial charge on any atom is -0.469 e. The highest BCUT2D eigenvalue weighted by molar-refractivity contribution is 6.03. The number of hydrogen-bond donors (Lipinski definition) is 1. The van der Waals surface area contributed by atoms with Crippen molar-refractivity contribution in [1.82, 2.24) is 20.0 Å². The number of ether oxygens (including phenoxy) is 2. The third kappa shape index (κ3) is 7.06. The van der Waals surface area contributed by atoms with E-state index in [0.717, 1.165) is 18.0 Å². The van der Waals surface area contributed by atoms with E-state index >= 15 is 0 Å². The van der Waals surface area contributed by atoms with Gasteiger partial charge >= 0.3 is 12.4 Å². The zero-order valence-electron chi connectivity index (χ0n) is 24.9. The van der Waals surface area contributed by atoms with Crippen molar-refractivity contribution in [2.75, 3.05) is 33.2 Å². The number of amides is 4. The molecule has 2 heterocycles. The number of nitrogens with zero attached hydrogens (tertiary/aromatic N) is 3. The van der Waals surface area contributed by atoms with E-state index < -0.39 is 30.1 Å². The molecule has 0 aliphatic carbocycles. The Kier molecular flexibility index (Phi) is 9.89. The van der Waals surface area contributed by atoms with Gasteiger partial charge in [0.15, 0.2) is 6.23 Å². The van der Waals surface area contributed by atoms with Crippen LogP contribution in [0.15, 0.2) is 48.5 Å². The van der Waals surface area contributed by atoms with Gasteiger partial charge in [-0.25, -0.2) is 9.69 Å². The molecule has 1 N–H and O–H groups in total. The molecular formula is C31H39F3N4O5. The van der Waals surface area contributed by atoms with Crippen LogP contribution in [-0.4, -0.2) is 78.4 Å². The lowest BCUT2D eigenvalue weighted by Gasteiger charge is -2.53. The first kappa shape index (κ1) is 32.1. The van der Waals surface area contributed by atoms with Gasteiger partial charge in [-0.2, -0.15) is 0 Å². The van der Waals surface area contributed by atoms with Crippen LogP contribution in [0.3, 0.4) is 0 Å². The lowest BCUT2D eigenvalue weighted by molar-refractivity contribution is -0.274. The molecule has 4 amide bonds. The Morgan fingerprint density at radius 1 is 0.953 bits per heavy atom. The van der Waals surface area contributed by atoms with E-state index in [0.29, 0.717) is 55.6 Å². The molecule has 2 aromatic carbocycles. The van der Waals surface area contributed by atoms with Crippen molar-refractivity contribution in [3.8, 4) is 11.5 Å². The molecule has 0 aromatic heterocycles. The number of imide groups is 1. The Hall–Kier alpha value is -3.80. The van der Waals surface area contributed by atoms with Gasteiger partial charge in [0.05, 0.1) is 6.04 Å². The van der Waals surface area contributed by atoms with Crippen molar-refractivity contribution in [2.45, 2.75) is 65.1 Å². The Balaban J connectivity index is 1.48. The smallest absolute Gasteiger partial charge is 0.469 e. The number of likely N-dealkylation sites (N-methyl/N-ethyl adjacent to an activating group) is 1. The van der Waals surface area contributed by atoms with Crippen LogP contribution in [0.2, 0.25) is 0 Å². The predicted octanol–water partition coefficient (Wildman–Crippen LogP) is 5.58. The predicted molar refractivity (Wildman–Crippen MR) is 153 cm³/mol. The molecule has 0 radical (unpaired) electrons. The fraction of sp³-hybridized carbons (Fsp3) is 0.516. The third-order valence-corrected chi connectivity index (χ3v) is 8.36. The molecule has 2 atom stereocenters. The number of piperazine rings is 1. The lowest BCUT2D eigenvalue weighted by Crippen LogP contribution is -2.73. The van der Waals surface area contributed by atoms with Crippen molar-refractivity contribution < 1.29 is 37.0 Å². The van der Waals surface area contributed by atoms with E-state index in [1.54, 1.807) is 24.3 Å². The number of halogens is 3. The standard InChI is InChI=1S/C31H39F3N4O5/c1-5-8-25(21-9-15-24(16-10-21)43-31(32,33)34)35-29(41)38-27(40)30(6-2,7-3)28(38)42-23-13-11-22(12-14-23)26(39)37-19-17-36(4)18-20-37/h9-16,25,28H,5-8,17-20H2,1-4H3,(H,35,41)/t25-,28+/m1/s1. The zero-order valence-corrected chi connectivity index (χ0v) is 24.9. The van der Waals surface area contributed by atoms with Crippen LogP contribution < -0.4 is 14.8 Å². The average Bonchev–Trinajstić information content (AvgIpc) is 2.97. The number of carbonyl (C=O) groups excluding carboxylic acids is 3. The second-order valence-corrected chi connectivity index (χ2v) is 11.0. The quantitative estimate of drug-likeness (QED) is 0.357. The Morgan fingerprint density at radius 3 is 2.07 bits per heavy atom. The highest BCUT2D eigenvalue weighted by Crippen LogP contribution is 2.46. The number of hydrogen-bond acceptors (Lipinski definition) is 6. The maximum atomic E-state index is 13.5. The van der Waals surface area contributed by atoms with Gasteiger partial charge in [-0.1, -0.05) is 39.3 Å². The van der Waals surface area contributed by atoms with E-state index in [1.807, 2.05) is 32.7 Å². The van der Waals surface area contributed by atoms with E-state index in [9.17, 15) is 27.6 Å². The summed E-state index contributed by atoms with van der Waals surface area (Å²) in [5.74, 6) is -0.361. The van der Waals surface area contributed by atoms with Crippen LogP contribution in [0.25, 0.3) is 0 Å². The van der Waals surface area contributed by atoms with Gasteiger partial charge in [0.1, 0.15) is 16.9 Å². The molecule has 2 aliphatic rings. The molecule has 12 heteroatoms. The number of urea groups is 1. The van der Waals surface area contributed by atoms with Gasteiger partial charge in [-0.15, -0.1) is 13.2 Å². The lowest BCUT2D eigenvalue weighted by atomic mass is 9.72. The number of alkyl halides is 3. The molecule has 2 aliphatic heterocycles. The molecule has 0 bridgehead atoms. The minimum atomic E-state index is -4.81. The summed E-state index contributed by atoms with van der Waals surface area (Å²) in [7, 11) is 2.02. The van der Waals surface area contributed by atoms with Crippen LogP contribution in [-0.2, 0) is 4.79 Å². The first-order valence-corrected chi connectivity index (χ1v) is 14.7. The first-order valence-electron chi connectivity index (χ1n) is 14.7. The largest absolute Gasteiger partial charge is 0.573 e. The summed E-state index contributed by atoms with van der Waals surface area (Å²) in [5.41, 5.74) is 0.207. The normalized spacial score (nSPS) is 19.4. The van der Waals surface area contributed by atoms with Crippen molar-refractivity contribution in [2.24, 2.45) is 5.41 Å². The summed E-state index contributed by atoms with van der Waals surface area (Å²) in [4.78, 5) is 44.9. The average molecular weight is 605 g/mol. The van der Waals surface area contributed by atoms with Crippen LogP contribution in [0.4, 0.5) is 18.0 Å². The summed E-state index contributed by atoms with van der Waals surface area (Å²) in [6.45, 7) is 8.59.